The van der Waals surface area contributed by atoms with Gasteiger partial charge >= 0.3 is 0 Å². The average Bonchev–Trinajstić information content (AvgIpc) is 2.71. The van der Waals surface area contributed by atoms with Crippen LogP contribution in [-0.2, 0) is 6.54 Å². The zero-order valence-corrected chi connectivity index (χ0v) is 21.5. The summed E-state index contributed by atoms with van der Waals surface area (Å²) in [6, 6.07) is 17.5. The number of hydrogen-bond acceptors (Lipinski definition) is 2. The first-order valence-corrected chi connectivity index (χ1v) is 14.5. The molecule has 0 fully saturated rings. The van der Waals surface area contributed by atoms with Gasteiger partial charge < -0.3 is 4.74 Å². The van der Waals surface area contributed by atoms with Gasteiger partial charge in [0.05, 0.1) is 6.23 Å². The number of benzene rings is 2. The van der Waals surface area contributed by atoms with Gasteiger partial charge in [0.1, 0.15) is 13.8 Å². The van der Waals surface area contributed by atoms with Crippen LogP contribution in [0.5, 0.6) is 5.75 Å². The third-order valence-electron chi connectivity index (χ3n) is 5.20. The fraction of sp³-hybridized carbons (Fsp3) is 0.429. The number of allylic oxidation sites excluding steroid dienone is 1. The minimum Gasteiger partial charge on any atom is -0.497 e. The molecule has 0 spiro atoms. The molecule has 3 heteroatoms. The number of aryl methyl sites for hydroxylation is 1. The van der Waals surface area contributed by atoms with E-state index in [0.29, 0.717) is 0 Å². The van der Waals surface area contributed by atoms with Gasteiger partial charge in [-0.15, -0.1) is 0 Å². The van der Waals surface area contributed by atoms with Gasteiger partial charge in [0.2, 0.25) is 0 Å². The molecule has 0 saturated carbocycles. The maximum absolute atomic E-state index is 6.27. The van der Waals surface area contributed by atoms with Crippen molar-refractivity contribution in [3.05, 3.63) is 71.8 Å². The second kappa shape index (κ2) is 11.4. The minimum absolute atomic E-state index is 0.0477. The highest BCUT2D eigenvalue weighted by molar-refractivity contribution is 6.89. The Hall–Kier alpha value is -2.28. The molecule has 0 aliphatic carbocycles. The SMILES string of the molecule is CCN(C/C=C/C#CC(C)(C)C)Cc1cccc(OC[Si](C)(C)c2ccc(C)cc2)c1. The summed E-state index contributed by atoms with van der Waals surface area (Å²) in [5, 5.41) is 1.44. The van der Waals surface area contributed by atoms with Crippen LogP contribution in [0.2, 0.25) is 13.1 Å². The van der Waals surface area contributed by atoms with Gasteiger partial charge in [-0.05, 0) is 58.0 Å². The highest BCUT2D eigenvalue weighted by atomic mass is 28.3. The number of rotatable bonds is 9. The van der Waals surface area contributed by atoms with Crippen LogP contribution in [0.3, 0.4) is 0 Å². The smallest absolute Gasteiger partial charge is 0.124 e. The molecule has 0 bridgehead atoms. The predicted octanol–water partition coefficient (Wildman–Crippen LogP) is 5.96. The van der Waals surface area contributed by atoms with Crippen LogP contribution in [0.4, 0.5) is 0 Å². The summed E-state index contributed by atoms with van der Waals surface area (Å²) in [4.78, 5) is 2.40. The molecule has 0 aliphatic heterocycles. The molecule has 2 aromatic rings. The molecular weight excluding hydrogens is 394 g/mol. The van der Waals surface area contributed by atoms with Gasteiger partial charge in [0.15, 0.2) is 0 Å². The molecule has 0 atom stereocenters. The Kier molecular flexibility index (Phi) is 9.16. The van der Waals surface area contributed by atoms with E-state index in [9.17, 15) is 0 Å². The molecule has 0 saturated heterocycles. The maximum Gasteiger partial charge on any atom is 0.124 e. The van der Waals surface area contributed by atoms with Crippen LogP contribution in [-0.4, -0.2) is 32.3 Å². The van der Waals surface area contributed by atoms with Gasteiger partial charge in [0, 0.05) is 18.5 Å². The summed E-state index contributed by atoms with van der Waals surface area (Å²) < 4.78 is 6.27. The number of ether oxygens (including phenoxy) is 1. The average molecular weight is 434 g/mol. The summed E-state index contributed by atoms with van der Waals surface area (Å²) in [6.45, 7) is 18.3. The molecule has 0 aromatic heterocycles. The molecular formula is C28H39NOSi. The Labute approximate surface area is 191 Å². The highest BCUT2D eigenvalue weighted by Gasteiger charge is 2.24. The van der Waals surface area contributed by atoms with Crippen molar-refractivity contribution in [3.63, 3.8) is 0 Å². The highest BCUT2D eigenvalue weighted by Crippen LogP contribution is 2.17. The monoisotopic (exact) mass is 433 g/mol. The van der Waals surface area contributed by atoms with E-state index in [1.165, 1.54) is 16.3 Å². The number of hydrogen-bond donors (Lipinski definition) is 0. The Morgan fingerprint density at radius 1 is 1.06 bits per heavy atom. The van der Waals surface area contributed by atoms with Gasteiger partial charge in [-0.25, -0.2) is 0 Å². The topological polar surface area (TPSA) is 12.5 Å². The molecule has 0 N–H and O–H groups in total. The van der Waals surface area contributed by atoms with Crippen LogP contribution < -0.4 is 9.92 Å². The van der Waals surface area contributed by atoms with Crippen LogP contribution in [0.1, 0.15) is 38.8 Å². The lowest BCUT2D eigenvalue weighted by molar-refractivity contribution is 0.310. The van der Waals surface area contributed by atoms with E-state index in [1.807, 2.05) is 6.08 Å². The largest absolute Gasteiger partial charge is 0.497 e. The van der Waals surface area contributed by atoms with E-state index in [-0.39, 0.29) is 5.41 Å². The first kappa shape index (κ1) is 25.0. The fourth-order valence-corrected chi connectivity index (χ4v) is 4.93. The maximum atomic E-state index is 6.27. The first-order valence-electron chi connectivity index (χ1n) is 11.3. The first-order chi connectivity index (χ1) is 14.6. The normalized spacial score (nSPS) is 12.1. The Morgan fingerprint density at radius 3 is 2.42 bits per heavy atom. The lowest BCUT2D eigenvalue weighted by Gasteiger charge is -2.24. The van der Waals surface area contributed by atoms with E-state index < -0.39 is 8.07 Å². The molecule has 0 aliphatic rings. The van der Waals surface area contributed by atoms with Crippen LogP contribution in [0.15, 0.2) is 60.7 Å². The van der Waals surface area contributed by atoms with Gasteiger partial charge in [-0.2, -0.15) is 0 Å². The van der Waals surface area contributed by atoms with Gasteiger partial charge in [-0.1, -0.05) is 85.1 Å². The Morgan fingerprint density at radius 2 is 1.77 bits per heavy atom. The van der Waals surface area contributed by atoms with E-state index in [4.69, 9.17) is 4.74 Å². The third kappa shape index (κ3) is 9.17. The zero-order valence-electron chi connectivity index (χ0n) is 20.5. The van der Waals surface area contributed by atoms with E-state index in [2.05, 4.69) is 119 Å². The van der Waals surface area contributed by atoms with Crippen molar-refractivity contribution in [2.24, 2.45) is 5.41 Å². The summed E-state index contributed by atoms with van der Waals surface area (Å²) >= 11 is 0. The summed E-state index contributed by atoms with van der Waals surface area (Å²) in [5.41, 5.74) is 2.63. The minimum atomic E-state index is -1.64. The second-order valence-electron chi connectivity index (χ2n) is 9.94. The second-order valence-corrected chi connectivity index (χ2v) is 14.6. The van der Waals surface area contributed by atoms with E-state index in [0.717, 1.165) is 31.6 Å². The Bertz CT molecular complexity index is 911. The molecule has 31 heavy (non-hydrogen) atoms. The summed E-state index contributed by atoms with van der Waals surface area (Å²) in [5.74, 6) is 7.36. The van der Waals surface area contributed by atoms with Gasteiger partial charge in [0.25, 0.3) is 0 Å². The lowest BCUT2D eigenvalue weighted by Crippen LogP contribution is -2.47. The van der Waals surface area contributed by atoms with Crippen molar-refractivity contribution in [3.8, 4) is 17.6 Å². The zero-order chi connectivity index (χ0) is 22.9. The fourth-order valence-electron chi connectivity index (χ4n) is 3.17. The third-order valence-corrected chi connectivity index (χ3v) is 7.96. The quantitative estimate of drug-likeness (QED) is 0.357. The number of likely N-dealkylation sites (N-methyl/N-ethyl adjacent to an activating group) is 1. The Balaban J connectivity index is 1.94. The number of nitrogens with zero attached hydrogens (tertiary/aromatic N) is 1. The molecule has 166 valence electrons. The molecule has 0 amide bonds. The molecule has 0 heterocycles. The molecule has 2 aromatic carbocycles. The van der Waals surface area contributed by atoms with Crippen molar-refractivity contribution in [2.45, 2.75) is 54.3 Å². The van der Waals surface area contributed by atoms with Crippen LogP contribution >= 0.6 is 0 Å². The van der Waals surface area contributed by atoms with Crippen molar-refractivity contribution < 1.29 is 4.74 Å². The van der Waals surface area contributed by atoms with Crippen molar-refractivity contribution in [1.82, 2.24) is 4.90 Å². The van der Waals surface area contributed by atoms with E-state index in [1.54, 1.807) is 0 Å². The lowest BCUT2D eigenvalue weighted by atomic mass is 9.98. The summed E-state index contributed by atoms with van der Waals surface area (Å²) in [7, 11) is -1.64. The predicted molar refractivity (Wildman–Crippen MR) is 138 cm³/mol. The molecule has 2 nitrogen and oxygen atoms in total. The van der Waals surface area contributed by atoms with Crippen molar-refractivity contribution >= 4 is 13.3 Å². The molecule has 0 unspecified atom stereocenters. The van der Waals surface area contributed by atoms with Crippen LogP contribution in [0.25, 0.3) is 0 Å². The summed E-state index contributed by atoms with van der Waals surface area (Å²) in [6.07, 6.45) is 4.91. The van der Waals surface area contributed by atoms with E-state index >= 15 is 0 Å². The van der Waals surface area contributed by atoms with Crippen molar-refractivity contribution in [1.29, 1.82) is 0 Å². The van der Waals surface area contributed by atoms with Crippen LogP contribution in [0, 0.1) is 24.2 Å². The van der Waals surface area contributed by atoms with Crippen molar-refractivity contribution in [2.75, 3.05) is 19.3 Å². The molecule has 2 rings (SSSR count). The standard InChI is InChI=1S/C28H39NOSi/c1-8-29(20-11-9-10-19-28(3,4)5)22-25-13-12-14-26(21-25)30-23-31(6,7)27-17-15-24(2)16-18-27/h9,11-18,21H,8,20,22-23H2,1-7H3/b11-9+. The van der Waals surface area contributed by atoms with Gasteiger partial charge in [-0.3, -0.25) is 4.90 Å². The molecule has 0 radical (unpaired) electrons.